The number of aryl methyl sites for hydroxylation is 1. The molecule has 1 fully saturated rings. The molecule has 10 heteroatoms. The fraction of sp³-hybridized carbons (Fsp3) is 0.409. The highest BCUT2D eigenvalue weighted by molar-refractivity contribution is 5.95. The summed E-state index contributed by atoms with van der Waals surface area (Å²) in [6.45, 7) is 1.94. The second-order valence-corrected chi connectivity index (χ2v) is 7.97. The number of aromatic nitrogens is 2. The molecular formula is C22H24F2N4O4. The molecule has 1 saturated heterocycles. The molecule has 0 unspecified atom stereocenters. The minimum atomic E-state index is -3.67. The molecule has 2 amide bonds. The lowest BCUT2D eigenvalue weighted by atomic mass is 9.93. The van der Waals surface area contributed by atoms with Crippen LogP contribution >= 0.6 is 0 Å². The smallest absolute Gasteiger partial charge is 0.346 e. The Morgan fingerprint density at radius 2 is 2.03 bits per heavy atom. The molecule has 2 aliphatic rings. The number of carbonyl (C=O) groups is 2. The van der Waals surface area contributed by atoms with Gasteiger partial charge in [0, 0.05) is 24.6 Å². The number of rotatable bonds is 5. The van der Waals surface area contributed by atoms with E-state index in [-0.39, 0.29) is 55.4 Å². The van der Waals surface area contributed by atoms with Gasteiger partial charge in [-0.15, -0.1) is 0 Å². The van der Waals surface area contributed by atoms with Gasteiger partial charge in [0.1, 0.15) is 5.69 Å². The quantitative estimate of drug-likeness (QED) is 0.610. The number of aromatic amines is 1. The van der Waals surface area contributed by atoms with Crippen LogP contribution in [-0.4, -0.2) is 70.3 Å². The maximum Gasteiger partial charge on any atom is 0.346 e. The predicted octanol–water partition coefficient (Wildman–Crippen LogP) is 2.13. The normalized spacial score (nSPS) is 21.3. The minimum absolute atomic E-state index is 0.0138. The van der Waals surface area contributed by atoms with Gasteiger partial charge in [0.15, 0.2) is 11.4 Å². The van der Waals surface area contributed by atoms with Crippen molar-refractivity contribution in [1.29, 1.82) is 0 Å². The van der Waals surface area contributed by atoms with Crippen molar-refractivity contribution in [2.45, 2.75) is 31.2 Å². The summed E-state index contributed by atoms with van der Waals surface area (Å²) >= 11 is 0. The van der Waals surface area contributed by atoms with Crippen molar-refractivity contribution in [2.75, 3.05) is 26.3 Å². The van der Waals surface area contributed by atoms with Crippen molar-refractivity contribution in [1.82, 2.24) is 20.4 Å². The Morgan fingerprint density at radius 3 is 2.66 bits per heavy atom. The van der Waals surface area contributed by atoms with Gasteiger partial charge in [-0.1, -0.05) is 36.4 Å². The first kappa shape index (κ1) is 21.9. The lowest BCUT2D eigenvalue weighted by Crippen LogP contribution is -2.49. The highest BCUT2D eigenvalue weighted by atomic mass is 19.3. The lowest BCUT2D eigenvalue weighted by molar-refractivity contribution is -0.142. The van der Waals surface area contributed by atoms with Gasteiger partial charge in [0.05, 0.1) is 19.3 Å². The van der Waals surface area contributed by atoms with E-state index >= 15 is 0 Å². The summed E-state index contributed by atoms with van der Waals surface area (Å²) in [4.78, 5) is 27.0. The second-order valence-electron chi connectivity index (χ2n) is 7.97. The fourth-order valence-electron chi connectivity index (χ4n) is 4.10. The summed E-state index contributed by atoms with van der Waals surface area (Å²) in [7, 11) is 0. The molecule has 0 radical (unpaired) electrons. The van der Waals surface area contributed by atoms with Crippen LogP contribution in [-0.2, 0) is 9.53 Å². The van der Waals surface area contributed by atoms with Gasteiger partial charge in [-0.2, -0.15) is 13.9 Å². The molecule has 1 aromatic heterocycles. The Hall–Kier alpha value is -3.27. The highest BCUT2D eigenvalue weighted by Gasteiger charge is 2.46. The first-order chi connectivity index (χ1) is 15.3. The van der Waals surface area contributed by atoms with Crippen LogP contribution in [0.2, 0.25) is 0 Å². The Kier molecular flexibility index (Phi) is 5.96. The van der Waals surface area contributed by atoms with E-state index in [0.29, 0.717) is 0 Å². The highest BCUT2D eigenvalue weighted by Crippen LogP contribution is 2.33. The molecule has 0 bridgehead atoms. The molecule has 170 valence electrons. The van der Waals surface area contributed by atoms with Crippen molar-refractivity contribution in [3.63, 3.8) is 0 Å². The van der Waals surface area contributed by atoms with Gasteiger partial charge >= 0.3 is 5.92 Å². The van der Waals surface area contributed by atoms with Crippen molar-refractivity contribution < 1.29 is 28.2 Å². The number of H-pyrrole nitrogens is 1. The Bertz CT molecular complexity index is 1040. The Morgan fingerprint density at radius 1 is 1.28 bits per heavy atom. The molecule has 8 nitrogen and oxygen atoms in total. The monoisotopic (exact) mass is 446 g/mol. The van der Waals surface area contributed by atoms with E-state index in [1.54, 1.807) is 6.92 Å². The van der Waals surface area contributed by atoms with Crippen LogP contribution in [0.4, 0.5) is 8.78 Å². The zero-order valence-electron chi connectivity index (χ0n) is 17.5. The molecule has 1 aromatic carbocycles. The number of likely N-dealkylation sites (tertiary alicyclic amines) is 1. The van der Waals surface area contributed by atoms with Crippen LogP contribution in [0.3, 0.4) is 0 Å². The van der Waals surface area contributed by atoms with E-state index in [1.165, 1.54) is 11.0 Å². The number of nitrogens with zero attached hydrogens (tertiary/aromatic N) is 2. The van der Waals surface area contributed by atoms with E-state index in [2.05, 4.69) is 15.5 Å². The van der Waals surface area contributed by atoms with Crippen molar-refractivity contribution in [3.05, 3.63) is 58.9 Å². The third-order valence-electron chi connectivity index (χ3n) is 5.93. The minimum Gasteiger partial charge on any atom is -0.504 e. The molecule has 3 N–H and O–H groups in total. The Labute approximate surface area is 183 Å². The number of hydrogen-bond acceptors (Lipinski definition) is 5. The van der Waals surface area contributed by atoms with Gasteiger partial charge in [0.2, 0.25) is 0 Å². The maximum atomic E-state index is 14.8. The second kappa shape index (κ2) is 8.70. The van der Waals surface area contributed by atoms with Crippen molar-refractivity contribution in [2.24, 2.45) is 0 Å². The summed E-state index contributed by atoms with van der Waals surface area (Å²) in [6.07, 6.45) is 1.22. The van der Waals surface area contributed by atoms with E-state index in [1.807, 2.05) is 30.3 Å². The number of aromatic hydroxyl groups is 1. The average Bonchev–Trinajstić information content (AvgIpc) is 3.38. The number of alkyl halides is 2. The van der Waals surface area contributed by atoms with Crippen LogP contribution < -0.4 is 5.32 Å². The topological polar surface area (TPSA) is 108 Å². The van der Waals surface area contributed by atoms with E-state index in [9.17, 15) is 23.5 Å². The zero-order chi connectivity index (χ0) is 22.9. The van der Waals surface area contributed by atoms with Crippen LogP contribution in [0.5, 0.6) is 5.75 Å². The summed E-state index contributed by atoms with van der Waals surface area (Å²) < 4.78 is 34.7. The largest absolute Gasteiger partial charge is 0.504 e. The molecule has 2 aromatic rings. The molecule has 3 heterocycles. The maximum absolute atomic E-state index is 14.8. The molecule has 0 spiro atoms. The molecule has 4 rings (SSSR count). The SMILES string of the molecule is Cc1n[nH]c(C(=O)N2C[C@@H](NC(=O)C(F)(F)C3=CCOCC3)[C@H](c3ccccc3)C2)c1O. The van der Waals surface area contributed by atoms with Gasteiger partial charge in [-0.25, -0.2) is 0 Å². The molecule has 0 aliphatic carbocycles. The average molecular weight is 446 g/mol. The van der Waals surface area contributed by atoms with E-state index in [0.717, 1.165) is 5.56 Å². The summed E-state index contributed by atoms with van der Waals surface area (Å²) in [5.74, 6) is -6.22. The van der Waals surface area contributed by atoms with Gasteiger partial charge in [-0.05, 0) is 18.9 Å². The van der Waals surface area contributed by atoms with Crippen LogP contribution in [0.1, 0.15) is 34.1 Å². The first-order valence-electron chi connectivity index (χ1n) is 10.3. The molecule has 2 atom stereocenters. The number of hydrogen-bond donors (Lipinski definition) is 3. The summed E-state index contributed by atoms with van der Waals surface area (Å²) in [5.41, 5.74) is 0.758. The standard InChI is InChI=1S/C22H24F2N4O4/c1-13-19(29)18(27-26-13)20(30)28-11-16(14-5-3-2-4-6-14)17(12-28)25-21(31)22(23,24)15-7-9-32-10-8-15/h2-7,16-17,29H,8-12H2,1H3,(H,25,31)(H,26,27)/t16-,17+/m0/s1. The van der Waals surface area contributed by atoms with Gasteiger partial charge in [-0.3, -0.25) is 14.7 Å². The third kappa shape index (κ3) is 4.10. The van der Waals surface area contributed by atoms with Crippen molar-refractivity contribution in [3.8, 4) is 5.75 Å². The fourth-order valence-corrected chi connectivity index (χ4v) is 4.10. The van der Waals surface area contributed by atoms with E-state index < -0.39 is 29.7 Å². The number of halogens is 2. The van der Waals surface area contributed by atoms with E-state index in [4.69, 9.17) is 4.74 Å². The Balaban J connectivity index is 1.57. The van der Waals surface area contributed by atoms with Crippen LogP contribution in [0.25, 0.3) is 0 Å². The van der Waals surface area contributed by atoms with Crippen LogP contribution in [0.15, 0.2) is 42.0 Å². The van der Waals surface area contributed by atoms with Crippen LogP contribution in [0, 0.1) is 6.92 Å². The van der Waals surface area contributed by atoms with Gasteiger partial charge < -0.3 is 20.1 Å². The third-order valence-corrected chi connectivity index (χ3v) is 5.93. The number of nitrogens with one attached hydrogen (secondary N) is 2. The molecule has 32 heavy (non-hydrogen) atoms. The molecular weight excluding hydrogens is 422 g/mol. The molecule has 2 aliphatic heterocycles. The lowest BCUT2D eigenvalue weighted by Gasteiger charge is -2.26. The number of ether oxygens (including phenoxy) is 1. The number of carbonyl (C=O) groups excluding carboxylic acids is 2. The summed E-state index contributed by atoms with van der Waals surface area (Å²) in [5, 5.41) is 18.9. The number of benzene rings is 1. The predicted molar refractivity (Wildman–Crippen MR) is 110 cm³/mol. The zero-order valence-corrected chi connectivity index (χ0v) is 17.5. The summed E-state index contributed by atoms with van der Waals surface area (Å²) in [6, 6.07) is 8.37. The first-order valence-corrected chi connectivity index (χ1v) is 10.3. The number of amides is 2. The van der Waals surface area contributed by atoms with Crippen molar-refractivity contribution >= 4 is 11.8 Å². The molecule has 0 saturated carbocycles. The van der Waals surface area contributed by atoms with Gasteiger partial charge in [0.25, 0.3) is 11.8 Å².